The van der Waals surface area contributed by atoms with Gasteiger partial charge in [-0.25, -0.2) is 9.98 Å². The number of hydrogen-bond acceptors (Lipinski definition) is 7. The van der Waals surface area contributed by atoms with Gasteiger partial charge in [0, 0.05) is 41.7 Å². The topological polar surface area (TPSA) is 102 Å². The summed E-state index contributed by atoms with van der Waals surface area (Å²) in [6.07, 6.45) is -0.400. The molecule has 0 radical (unpaired) electrons. The van der Waals surface area contributed by atoms with Crippen LogP contribution in [0.25, 0.3) is 11.1 Å². The summed E-state index contributed by atoms with van der Waals surface area (Å²) in [5.41, 5.74) is 8.18. The molecular weight excluding hydrogens is 459 g/mol. The summed E-state index contributed by atoms with van der Waals surface area (Å²) in [4.78, 5) is 15.0. The van der Waals surface area contributed by atoms with Gasteiger partial charge in [-0.3, -0.25) is 4.98 Å². The molecule has 0 bridgehead atoms. The molecule has 172 valence electrons. The van der Waals surface area contributed by atoms with Crippen molar-refractivity contribution in [1.82, 2.24) is 20.2 Å². The first-order valence-corrected chi connectivity index (χ1v) is 10.3. The maximum Gasteiger partial charge on any atom is 0.435 e. The Balaban J connectivity index is 1.68. The van der Waals surface area contributed by atoms with E-state index in [1.54, 1.807) is 12.3 Å². The number of pyridine rings is 2. The van der Waals surface area contributed by atoms with Crippen molar-refractivity contribution in [3.8, 4) is 11.1 Å². The maximum atomic E-state index is 12.9. The van der Waals surface area contributed by atoms with Crippen LogP contribution in [0.3, 0.4) is 0 Å². The van der Waals surface area contributed by atoms with Crippen LogP contribution in [0.15, 0.2) is 41.8 Å². The lowest BCUT2D eigenvalue weighted by Crippen LogP contribution is -2.36. The molecule has 2 N–H and O–H groups in total. The molecule has 0 saturated carbocycles. The average Bonchev–Trinajstić information content (AvgIpc) is 2.81. The Morgan fingerprint density at radius 3 is 2.61 bits per heavy atom. The molecule has 0 atom stereocenters. The van der Waals surface area contributed by atoms with E-state index in [0.29, 0.717) is 37.1 Å². The van der Waals surface area contributed by atoms with Gasteiger partial charge in [0.1, 0.15) is 5.84 Å². The lowest BCUT2D eigenvalue weighted by molar-refractivity contribution is -0.141. The highest BCUT2D eigenvalue weighted by atomic mass is 35.5. The molecule has 3 aromatic heterocycles. The Morgan fingerprint density at radius 1 is 1.12 bits per heavy atom. The van der Waals surface area contributed by atoms with Crippen LogP contribution >= 0.6 is 11.6 Å². The van der Waals surface area contributed by atoms with E-state index in [-0.39, 0.29) is 11.4 Å². The summed E-state index contributed by atoms with van der Waals surface area (Å²) in [5, 5.41) is 6.85. The smallest absolute Gasteiger partial charge is 0.383 e. The Hall–Kier alpha value is -3.31. The number of aryl methyl sites for hydroxylation is 1. The van der Waals surface area contributed by atoms with Crippen molar-refractivity contribution in [2.45, 2.75) is 13.1 Å². The summed E-state index contributed by atoms with van der Waals surface area (Å²) in [6.45, 7) is 4.43. The SMILES string of the molecule is Cc1ncc(N=C(N)c2cnnc(C(F)(F)F)c2)cc1-c1cnc(Cl)c(N2CCOCC2)c1. The number of nitrogens with two attached hydrogens (primary N) is 1. The van der Waals surface area contributed by atoms with Gasteiger partial charge in [-0.05, 0) is 25.1 Å². The highest BCUT2D eigenvalue weighted by molar-refractivity contribution is 6.32. The van der Waals surface area contributed by atoms with E-state index in [1.165, 1.54) is 6.20 Å². The highest BCUT2D eigenvalue weighted by Crippen LogP contribution is 2.33. The van der Waals surface area contributed by atoms with E-state index in [2.05, 4.69) is 30.1 Å². The van der Waals surface area contributed by atoms with Crippen molar-refractivity contribution >= 4 is 28.8 Å². The molecule has 1 fully saturated rings. The summed E-state index contributed by atoms with van der Waals surface area (Å²) >= 11 is 6.33. The molecule has 4 rings (SSSR count). The molecule has 1 aliphatic rings. The van der Waals surface area contributed by atoms with Gasteiger partial charge in [0.05, 0.1) is 37.0 Å². The van der Waals surface area contributed by atoms with E-state index in [4.69, 9.17) is 22.1 Å². The fraction of sp³-hybridized carbons (Fsp3) is 0.286. The molecule has 0 amide bonds. The molecule has 0 spiro atoms. The van der Waals surface area contributed by atoms with Gasteiger partial charge >= 0.3 is 6.18 Å². The molecule has 8 nitrogen and oxygen atoms in total. The van der Waals surface area contributed by atoms with Crippen molar-refractivity contribution in [1.29, 1.82) is 0 Å². The summed E-state index contributed by atoms with van der Waals surface area (Å²) in [6, 6.07) is 4.46. The second-order valence-corrected chi connectivity index (χ2v) is 7.64. The number of morpholine rings is 1. The highest BCUT2D eigenvalue weighted by Gasteiger charge is 2.33. The van der Waals surface area contributed by atoms with Crippen LogP contribution in [0.5, 0.6) is 0 Å². The van der Waals surface area contributed by atoms with Crippen LogP contribution in [0.2, 0.25) is 5.15 Å². The zero-order valence-electron chi connectivity index (χ0n) is 17.5. The number of rotatable bonds is 4. The van der Waals surface area contributed by atoms with Gasteiger partial charge in [-0.15, -0.1) is 5.10 Å². The zero-order valence-corrected chi connectivity index (χ0v) is 18.2. The van der Waals surface area contributed by atoms with Crippen LogP contribution in [0.4, 0.5) is 24.5 Å². The molecule has 33 heavy (non-hydrogen) atoms. The minimum Gasteiger partial charge on any atom is -0.383 e. The minimum atomic E-state index is -4.64. The first-order chi connectivity index (χ1) is 15.7. The average molecular weight is 478 g/mol. The Kier molecular flexibility index (Phi) is 6.43. The second kappa shape index (κ2) is 9.28. The third-order valence-corrected chi connectivity index (χ3v) is 5.34. The first-order valence-electron chi connectivity index (χ1n) is 9.92. The maximum absolute atomic E-state index is 12.9. The number of amidine groups is 1. The predicted molar refractivity (Wildman–Crippen MR) is 118 cm³/mol. The fourth-order valence-electron chi connectivity index (χ4n) is 3.33. The van der Waals surface area contributed by atoms with Gasteiger partial charge in [0.2, 0.25) is 0 Å². The zero-order chi connectivity index (χ0) is 23.6. The Morgan fingerprint density at radius 2 is 1.88 bits per heavy atom. The lowest BCUT2D eigenvalue weighted by Gasteiger charge is -2.29. The number of anilines is 1. The molecular formula is C21H19ClF3N7O. The van der Waals surface area contributed by atoms with Crippen molar-refractivity contribution < 1.29 is 17.9 Å². The summed E-state index contributed by atoms with van der Waals surface area (Å²) in [5.74, 6) is -0.143. The monoisotopic (exact) mass is 477 g/mol. The van der Waals surface area contributed by atoms with E-state index >= 15 is 0 Å². The predicted octanol–water partition coefficient (Wildman–Crippen LogP) is 3.79. The third-order valence-electron chi connectivity index (χ3n) is 5.05. The standard InChI is InChI=1S/C21H19ClF3N7O/c1-12-16(13-6-17(19(22)28-9-13)32-2-4-33-5-3-32)8-15(11-27-12)30-20(26)14-7-18(21(23,24)25)31-29-10-14/h6-11H,2-5H2,1H3,(H2,26,30). The van der Waals surface area contributed by atoms with Crippen molar-refractivity contribution in [2.24, 2.45) is 10.7 Å². The molecule has 4 heterocycles. The van der Waals surface area contributed by atoms with Crippen LogP contribution in [-0.2, 0) is 10.9 Å². The molecule has 1 saturated heterocycles. The van der Waals surface area contributed by atoms with Gasteiger partial charge in [-0.1, -0.05) is 11.6 Å². The van der Waals surface area contributed by atoms with E-state index in [9.17, 15) is 13.2 Å². The number of hydrogen-bond donors (Lipinski definition) is 1. The van der Waals surface area contributed by atoms with Gasteiger partial charge in [0.15, 0.2) is 10.8 Å². The van der Waals surface area contributed by atoms with Crippen LogP contribution in [0.1, 0.15) is 17.0 Å². The van der Waals surface area contributed by atoms with E-state index in [0.717, 1.165) is 34.8 Å². The van der Waals surface area contributed by atoms with E-state index < -0.39 is 11.9 Å². The Labute approximate surface area is 192 Å². The fourth-order valence-corrected chi connectivity index (χ4v) is 3.56. The van der Waals surface area contributed by atoms with Crippen molar-refractivity contribution in [3.63, 3.8) is 0 Å². The summed E-state index contributed by atoms with van der Waals surface area (Å²) in [7, 11) is 0. The molecule has 0 aliphatic carbocycles. The number of aromatic nitrogens is 4. The molecule has 0 unspecified atom stereocenters. The summed E-state index contributed by atoms with van der Waals surface area (Å²) < 4.78 is 44.2. The van der Waals surface area contributed by atoms with Crippen molar-refractivity contribution in [3.05, 3.63) is 58.9 Å². The normalized spacial score (nSPS) is 15.1. The quantitative estimate of drug-likeness (QED) is 0.346. The third kappa shape index (κ3) is 5.20. The van der Waals surface area contributed by atoms with Crippen LogP contribution < -0.4 is 10.6 Å². The number of nitrogens with zero attached hydrogens (tertiary/aromatic N) is 6. The molecule has 3 aromatic rings. The van der Waals surface area contributed by atoms with Gasteiger partial charge < -0.3 is 15.4 Å². The van der Waals surface area contributed by atoms with Gasteiger partial charge in [-0.2, -0.15) is 18.3 Å². The first kappa shape index (κ1) is 22.9. The second-order valence-electron chi connectivity index (χ2n) is 7.28. The minimum absolute atomic E-state index is 0.00205. The molecule has 12 heteroatoms. The number of alkyl halides is 3. The molecule has 0 aromatic carbocycles. The van der Waals surface area contributed by atoms with Crippen molar-refractivity contribution in [2.75, 3.05) is 31.2 Å². The van der Waals surface area contributed by atoms with E-state index in [1.807, 2.05) is 13.0 Å². The van der Waals surface area contributed by atoms with Crippen LogP contribution in [0, 0.1) is 6.92 Å². The number of ether oxygens (including phenoxy) is 1. The number of aliphatic imine (C=N–C) groups is 1. The molecule has 1 aliphatic heterocycles. The largest absolute Gasteiger partial charge is 0.435 e. The van der Waals surface area contributed by atoms with Crippen LogP contribution in [-0.4, -0.2) is 52.3 Å². The van der Waals surface area contributed by atoms with Gasteiger partial charge in [0.25, 0.3) is 0 Å². The number of halogens is 4. The Bertz CT molecular complexity index is 1200. The lowest BCUT2D eigenvalue weighted by atomic mass is 10.1.